The minimum Gasteiger partial charge on any atom is -0.494 e. The Morgan fingerprint density at radius 3 is 2.44 bits per heavy atom. The van der Waals surface area contributed by atoms with Gasteiger partial charge in [-0.1, -0.05) is 30.3 Å². The van der Waals surface area contributed by atoms with E-state index in [0.29, 0.717) is 29.9 Å². The average Bonchev–Trinajstić information content (AvgIpc) is 2.85. The third-order valence-electron chi connectivity index (χ3n) is 4.69. The number of alkyl halides is 2. The van der Waals surface area contributed by atoms with Gasteiger partial charge in [0.2, 0.25) is 0 Å². The number of aliphatic hydroxyl groups is 2. The van der Waals surface area contributed by atoms with E-state index < -0.39 is 11.5 Å². The number of hydrogen-bond acceptors (Lipinski definition) is 3. The Morgan fingerprint density at radius 2 is 1.72 bits per heavy atom. The van der Waals surface area contributed by atoms with Gasteiger partial charge in [-0.25, -0.2) is 8.78 Å². The number of ether oxygens (including phenoxy) is 1. The van der Waals surface area contributed by atoms with E-state index in [2.05, 4.69) is 0 Å². The predicted octanol–water partition coefficient (Wildman–Crippen LogP) is 4.10. The lowest BCUT2D eigenvalue weighted by Crippen LogP contribution is -2.42. The quantitative estimate of drug-likeness (QED) is 0.741. The first-order chi connectivity index (χ1) is 11.9. The van der Waals surface area contributed by atoms with Gasteiger partial charge in [0.05, 0.1) is 6.61 Å². The molecule has 0 aliphatic heterocycles. The Kier molecular flexibility index (Phi) is 4.80. The van der Waals surface area contributed by atoms with Gasteiger partial charge in [-0.2, -0.15) is 0 Å². The van der Waals surface area contributed by atoms with Crippen molar-refractivity contribution in [3.05, 3.63) is 53.6 Å². The van der Waals surface area contributed by atoms with Crippen molar-refractivity contribution in [2.45, 2.75) is 37.7 Å². The van der Waals surface area contributed by atoms with Crippen molar-refractivity contribution >= 4 is 0 Å². The molecule has 134 valence electrons. The highest BCUT2D eigenvalue weighted by molar-refractivity contribution is 5.81. The molecular weight excluding hydrogens is 326 g/mol. The maximum Gasteiger partial charge on any atom is 0.281 e. The number of rotatable bonds is 7. The lowest BCUT2D eigenvalue weighted by Gasteiger charge is -2.32. The Hall–Kier alpha value is -1.98. The summed E-state index contributed by atoms with van der Waals surface area (Å²) in [6.45, 7) is 1.32. The molecule has 0 saturated heterocycles. The second-order valence-electron chi connectivity index (χ2n) is 6.48. The fourth-order valence-corrected chi connectivity index (χ4v) is 3.38. The highest BCUT2D eigenvalue weighted by Crippen LogP contribution is 2.54. The molecule has 2 aromatic carbocycles. The maximum absolute atomic E-state index is 14.4. The van der Waals surface area contributed by atoms with Crippen LogP contribution in [0, 0.1) is 0 Å². The van der Waals surface area contributed by atoms with Crippen molar-refractivity contribution in [3.8, 4) is 16.9 Å². The van der Waals surface area contributed by atoms with Gasteiger partial charge in [-0.3, -0.25) is 0 Å². The van der Waals surface area contributed by atoms with Gasteiger partial charge < -0.3 is 14.9 Å². The molecule has 0 saturated carbocycles. The van der Waals surface area contributed by atoms with Crippen molar-refractivity contribution in [1.82, 2.24) is 0 Å². The monoisotopic (exact) mass is 348 g/mol. The first-order valence-corrected chi connectivity index (χ1v) is 8.48. The first-order valence-electron chi connectivity index (χ1n) is 8.48. The Balaban J connectivity index is 1.93. The summed E-state index contributed by atoms with van der Waals surface area (Å²) in [7, 11) is 0. The Bertz CT molecular complexity index is 755. The normalized spacial score (nSPS) is 18.8. The molecule has 1 aliphatic carbocycles. The molecule has 1 unspecified atom stereocenters. The summed E-state index contributed by atoms with van der Waals surface area (Å²) in [5.74, 6) is -2.88. The van der Waals surface area contributed by atoms with Crippen molar-refractivity contribution in [1.29, 1.82) is 0 Å². The van der Waals surface area contributed by atoms with E-state index in [9.17, 15) is 13.9 Å². The number of unbranched alkanes of at least 4 members (excludes halogenated alkanes) is 2. The molecule has 0 amide bonds. The molecule has 2 aromatic rings. The van der Waals surface area contributed by atoms with Crippen molar-refractivity contribution in [3.63, 3.8) is 0 Å². The second-order valence-corrected chi connectivity index (χ2v) is 6.48. The Morgan fingerprint density at radius 1 is 1.00 bits per heavy atom. The van der Waals surface area contributed by atoms with E-state index in [1.165, 1.54) is 6.07 Å². The van der Waals surface area contributed by atoms with Crippen LogP contribution in [0.4, 0.5) is 8.78 Å². The topological polar surface area (TPSA) is 49.7 Å². The Labute approximate surface area is 145 Å². The molecule has 0 radical (unpaired) electrons. The second kappa shape index (κ2) is 6.73. The van der Waals surface area contributed by atoms with Crippen LogP contribution in [-0.4, -0.2) is 29.3 Å². The zero-order chi connectivity index (χ0) is 18.1. The average molecular weight is 348 g/mol. The van der Waals surface area contributed by atoms with Gasteiger partial charge in [-0.05, 0) is 42.5 Å². The zero-order valence-corrected chi connectivity index (χ0v) is 14.1. The predicted molar refractivity (Wildman–Crippen MR) is 91.9 cm³/mol. The molecule has 25 heavy (non-hydrogen) atoms. The van der Waals surface area contributed by atoms with Gasteiger partial charge in [-0.15, -0.1) is 0 Å². The van der Waals surface area contributed by atoms with Crippen molar-refractivity contribution in [2.24, 2.45) is 0 Å². The fraction of sp³-hybridized carbons (Fsp3) is 0.400. The summed E-state index contributed by atoms with van der Waals surface area (Å²) in [4.78, 5) is 0. The molecule has 3 rings (SSSR count). The molecule has 0 fully saturated rings. The van der Waals surface area contributed by atoms with Crippen LogP contribution < -0.4 is 4.74 Å². The molecule has 0 aromatic heterocycles. The SMILES string of the molecule is CC(F)(F)C1(O)c2ccccc2-c2ccc(OCCCCCO)cc21. The van der Waals surface area contributed by atoms with E-state index in [1.54, 1.807) is 36.4 Å². The van der Waals surface area contributed by atoms with Crippen LogP contribution in [0.15, 0.2) is 42.5 Å². The summed E-state index contributed by atoms with van der Waals surface area (Å²) in [6, 6.07) is 11.7. The van der Waals surface area contributed by atoms with Crippen LogP contribution in [-0.2, 0) is 5.60 Å². The smallest absolute Gasteiger partial charge is 0.281 e. The standard InChI is InChI=1S/C20H22F2O3/c1-19(21,22)20(24)17-8-4-3-7-15(17)16-10-9-14(13-18(16)20)25-12-6-2-5-11-23/h3-4,7-10,13,23-24H,2,5-6,11-12H2,1H3. The van der Waals surface area contributed by atoms with Gasteiger partial charge in [0.1, 0.15) is 5.75 Å². The number of aliphatic hydroxyl groups excluding tert-OH is 1. The number of benzene rings is 2. The van der Waals surface area contributed by atoms with E-state index in [0.717, 1.165) is 19.8 Å². The number of hydrogen-bond donors (Lipinski definition) is 2. The molecule has 0 bridgehead atoms. The van der Waals surface area contributed by atoms with Gasteiger partial charge in [0, 0.05) is 24.7 Å². The molecule has 1 aliphatic rings. The summed E-state index contributed by atoms with van der Waals surface area (Å²) < 4.78 is 34.4. The lowest BCUT2D eigenvalue weighted by atomic mass is 9.86. The van der Waals surface area contributed by atoms with Crippen LogP contribution in [0.25, 0.3) is 11.1 Å². The van der Waals surface area contributed by atoms with Gasteiger partial charge in [0.25, 0.3) is 5.92 Å². The van der Waals surface area contributed by atoms with Crippen LogP contribution in [0.5, 0.6) is 5.75 Å². The third-order valence-corrected chi connectivity index (χ3v) is 4.69. The molecule has 0 spiro atoms. The minimum absolute atomic E-state index is 0.149. The fourth-order valence-electron chi connectivity index (χ4n) is 3.38. The first kappa shape index (κ1) is 17.8. The highest BCUT2D eigenvalue weighted by atomic mass is 19.3. The maximum atomic E-state index is 14.4. The van der Waals surface area contributed by atoms with Crippen LogP contribution >= 0.6 is 0 Å². The van der Waals surface area contributed by atoms with Crippen molar-refractivity contribution < 1.29 is 23.7 Å². The summed E-state index contributed by atoms with van der Waals surface area (Å²) >= 11 is 0. The largest absolute Gasteiger partial charge is 0.494 e. The molecule has 1 atom stereocenters. The molecule has 0 heterocycles. The van der Waals surface area contributed by atoms with Crippen LogP contribution in [0.2, 0.25) is 0 Å². The molecule has 2 N–H and O–H groups in total. The van der Waals surface area contributed by atoms with Crippen LogP contribution in [0.3, 0.4) is 0 Å². The number of fused-ring (bicyclic) bond motifs is 3. The molecule has 5 heteroatoms. The number of halogens is 2. The highest BCUT2D eigenvalue weighted by Gasteiger charge is 2.56. The van der Waals surface area contributed by atoms with Gasteiger partial charge >= 0.3 is 0 Å². The third kappa shape index (κ3) is 3.02. The van der Waals surface area contributed by atoms with Crippen LogP contribution in [0.1, 0.15) is 37.3 Å². The van der Waals surface area contributed by atoms with E-state index in [1.807, 2.05) is 0 Å². The summed E-state index contributed by atoms with van der Waals surface area (Å²) in [5, 5.41) is 19.7. The van der Waals surface area contributed by atoms with Gasteiger partial charge in [0.15, 0.2) is 5.60 Å². The minimum atomic E-state index is -3.34. The zero-order valence-electron chi connectivity index (χ0n) is 14.1. The van der Waals surface area contributed by atoms with E-state index in [-0.39, 0.29) is 17.7 Å². The van der Waals surface area contributed by atoms with E-state index >= 15 is 0 Å². The van der Waals surface area contributed by atoms with Crippen molar-refractivity contribution in [2.75, 3.05) is 13.2 Å². The lowest BCUT2D eigenvalue weighted by molar-refractivity contribution is -0.148. The summed E-state index contributed by atoms with van der Waals surface area (Å²) in [5.41, 5.74) is -0.746. The molecular formula is C20H22F2O3. The molecule has 3 nitrogen and oxygen atoms in total. The van der Waals surface area contributed by atoms with E-state index in [4.69, 9.17) is 9.84 Å². The summed E-state index contributed by atoms with van der Waals surface area (Å²) in [6.07, 6.45) is 2.32.